The zero-order valence-corrected chi connectivity index (χ0v) is 11.3. The maximum absolute atomic E-state index is 12.2. The van der Waals surface area contributed by atoms with Gasteiger partial charge in [-0.15, -0.1) is 0 Å². The van der Waals surface area contributed by atoms with Crippen LogP contribution in [0.25, 0.3) is 0 Å². The predicted octanol–water partition coefficient (Wildman–Crippen LogP) is 2.83. The van der Waals surface area contributed by atoms with E-state index in [-0.39, 0.29) is 11.8 Å². The van der Waals surface area contributed by atoms with Crippen LogP contribution in [0.3, 0.4) is 0 Å². The molecule has 1 aliphatic heterocycles. The van der Waals surface area contributed by atoms with Crippen molar-refractivity contribution in [1.29, 1.82) is 0 Å². The molecule has 0 aromatic carbocycles. The van der Waals surface area contributed by atoms with E-state index in [0.29, 0.717) is 12.3 Å². The van der Waals surface area contributed by atoms with Gasteiger partial charge in [0.25, 0.3) is 0 Å². The summed E-state index contributed by atoms with van der Waals surface area (Å²) in [5.74, 6) is 0.961. The van der Waals surface area contributed by atoms with Crippen molar-refractivity contribution in [2.75, 3.05) is 13.1 Å². The molecule has 18 heavy (non-hydrogen) atoms. The van der Waals surface area contributed by atoms with Crippen LogP contribution in [0.5, 0.6) is 0 Å². The first-order valence-corrected chi connectivity index (χ1v) is 6.87. The van der Waals surface area contributed by atoms with Gasteiger partial charge in [0.2, 0.25) is 5.91 Å². The molecule has 1 aromatic heterocycles. The molecule has 1 saturated heterocycles. The van der Waals surface area contributed by atoms with Gasteiger partial charge in [0.05, 0.1) is 0 Å². The molecule has 1 aliphatic rings. The second-order valence-corrected chi connectivity index (χ2v) is 5.40. The lowest BCUT2D eigenvalue weighted by atomic mass is 9.88. The standard InChI is InChI=1S/C15H22N2O/c1-12(2)13(14-7-3-4-8-16-14)11-15(18)17-9-5-6-10-17/h3-4,7-8,12-13H,5-6,9-11H2,1-2H3. The van der Waals surface area contributed by atoms with E-state index in [1.807, 2.05) is 29.3 Å². The summed E-state index contributed by atoms with van der Waals surface area (Å²) in [5, 5.41) is 0. The van der Waals surface area contributed by atoms with Gasteiger partial charge in [0.15, 0.2) is 0 Å². The molecule has 0 N–H and O–H groups in total. The van der Waals surface area contributed by atoms with Crippen LogP contribution in [0.1, 0.15) is 44.7 Å². The number of amides is 1. The first kappa shape index (κ1) is 13.1. The summed E-state index contributed by atoms with van der Waals surface area (Å²) in [5.41, 5.74) is 1.04. The van der Waals surface area contributed by atoms with Crippen molar-refractivity contribution < 1.29 is 4.79 Å². The quantitative estimate of drug-likeness (QED) is 0.818. The molecule has 1 aromatic rings. The summed E-state index contributed by atoms with van der Waals surface area (Å²) in [7, 11) is 0. The number of hydrogen-bond acceptors (Lipinski definition) is 2. The number of carbonyl (C=O) groups is 1. The average molecular weight is 246 g/mol. The zero-order chi connectivity index (χ0) is 13.0. The molecule has 3 heteroatoms. The zero-order valence-electron chi connectivity index (χ0n) is 11.3. The minimum Gasteiger partial charge on any atom is -0.343 e. The Balaban J connectivity index is 2.05. The third-order valence-electron chi connectivity index (χ3n) is 3.73. The van der Waals surface area contributed by atoms with Crippen LogP contribution in [0.2, 0.25) is 0 Å². The molecule has 1 unspecified atom stereocenters. The molecule has 0 aliphatic carbocycles. The molecule has 0 spiro atoms. The number of likely N-dealkylation sites (tertiary alicyclic amines) is 1. The Kier molecular flexibility index (Phi) is 4.34. The molecule has 1 amide bonds. The topological polar surface area (TPSA) is 33.2 Å². The maximum Gasteiger partial charge on any atom is 0.223 e. The van der Waals surface area contributed by atoms with E-state index in [9.17, 15) is 4.79 Å². The third-order valence-corrected chi connectivity index (χ3v) is 3.73. The molecule has 2 rings (SSSR count). The van der Waals surface area contributed by atoms with Crippen LogP contribution in [-0.4, -0.2) is 28.9 Å². The van der Waals surface area contributed by atoms with Gasteiger partial charge in [-0.25, -0.2) is 0 Å². The molecule has 0 bridgehead atoms. The smallest absolute Gasteiger partial charge is 0.223 e. The SMILES string of the molecule is CC(C)C(CC(=O)N1CCCC1)c1ccccn1. The Morgan fingerprint density at radius 3 is 2.61 bits per heavy atom. The molecule has 0 saturated carbocycles. The van der Waals surface area contributed by atoms with Crippen molar-refractivity contribution in [3.8, 4) is 0 Å². The van der Waals surface area contributed by atoms with Crippen molar-refractivity contribution in [2.24, 2.45) is 5.92 Å². The minimum atomic E-state index is 0.235. The van der Waals surface area contributed by atoms with Crippen LogP contribution >= 0.6 is 0 Å². The Morgan fingerprint density at radius 1 is 1.33 bits per heavy atom. The summed E-state index contributed by atoms with van der Waals surface area (Å²) in [6, 6.07) is 5.95. The van der Waals surface area contributed by atoms with Gasteiger partial charge < -0.3 is 4.90 Å². The van der Waals surface area contributed by atoms with Gasteiger partial charge in [-0.2, -0.15) is 0 Å². The van der Waals surface area contributed by atoms with E-state index in [2.05, 4.69) is 18.8 Å². The summed E-state index contributed by atoms with van der Waals surface area (Å²) < 4.78 is 0. The normalized spacial score (nSPS) is 17.2. The van der Waals surface area contributed by atoms with Gasteiger partial charge in [-0.05, 0) is 30.9 Å². The largest absolute Gasteiger partial charge is 0.343 e. The van der Waals surface area contributed by atoms with Crippen molar-refractivity contribution in [3.63, 3.8) is 0 Å². The molecular formula is C15H22N2O. The minimum absolute atomic E-state index is 0.235. The van der Waals surface area contributed by atoms with Crippen LogP contribution in [0.15, 0.2) is 24.4 Å². The summed E-state index contributed by atoms with van der Waals surface area (Å²) in [4.78, 5) is 18.6. The summed E-state index contributed by atoms with van der Waals surface area (Å²) >= 11 is 0. The Labute approximate surface area is 109 Å². The van der Waals surface area contributed by atoms with Crippen molar-refractivity contribution in [2.45, 2.75) is 39.0 Å². The molecule has 2 heterocycles. The van der Waals surface area contributed by atoms with Crippen molar-refractivity contribution in [1.82, 2.24) is 9.88 Å². The monoisotopic (exact) mass is 246 g/mol. The molecule has 1 fully saturated rings. The fraction of sp³-hybridized carbons (Fsp3) is 0.600. The summed E-state index contributed by atoms with van der Waals surface area (Å²) in [6.07, 6.45) is 4.71. The van der Waals surface area contributed by atoms with E-state index < -0.39 is 0 Å². The number of pyridine rings is 1. The first-order chi connectivity index (χ1) is 8.68. The van der Waals surface area contributed by atoms with Gasteiger partial charge >= 0.3 is 0 Å². The van der Waals surface area contributed by atoms with E-state index in [1.165, 1.54) is 0 Å². The molecular weight excluding hydrogens is 224 g/mol. The number of carbonyl (C=O) groups excluding carboxylic acids is 1. The lowest BCUT2D eigenvalue weighted by Crippen LogP contribution is -2.30. The lowest BCUT2D eigenvalue weighted by Gasteiger charge is -2.23. The highest BCUT2D eigenvalue weighted by atomic mass is 16.2. The number of rotatable bonds is 4. The van der Waals surface area contributed by atoms with Crippen LogP contribution in [0.4, 0.5) is 0 Å². The van der Waals surface area contributed by atoms with Crippen molar-refractivity contribution >= 4 is 5.91 Å². The first-order valence-electron chi connectivity index (χ1n) is 6.87. The van der Waals surface area contributed by atoms with Crippen LogP contribution in [-0.2, 0) is 4.79 Å². The molecule has 98 valence electrons. The average Bonchev–Trinajstić information content (AvgIpc) is 2.90. The highest BCUT2D eigenvalue weighted by molar-refractivity contribution is 5.77. The highest BCUT2D eigenvalue weighted by Gasteiger charge is 2.25. The van der Waals surface area contributed by atoms with E-state index in [4.69, 9.17) is 0 Å². The fourth-order valence-electron chi connectivity index (χ4n) is 2.56. The van der Waals surface area contributed by atoms with Crippen LogP contribution in [0, 0.1) is 5.92 Å². The van der Waals surface area contributed by atoms with Crippen LogP contribution < -0.4 is 0 Å². The molecule has 0 radical (unpaired) electrons. The summed E-state index contributed by atoms with van der Waals surface area (Å²) in [6.45, 7) is 6.20. The number of nitrogens with zero attached hydrogens (tertiary/aromatic N) is 2. The number of hydrogen-bond donors (Lipinski definition) is 0. The fourth-order valence-corrected chi connectivity index (χ4v) is 2.56. The second-order valence-electron chi connectivity index (χ2n) is 5.40. The van der Waals surface area contributed by atoms with E-state index in [1.54, 1.807) is 0 Å². The Hall–Kier alpha value is -1.38. The third kappa shape index (κ3) is 3.09. The van der Waals surface area contributed by atoms with Crippen molar-refractivity contribution in [3.05, 3.63) is 30.1 Å². The number of aromatic nitrogens is 1. The van der Waals surface area contributed by atoms with E-state index >= 15 is 0 Å². The van der Waals surface area contributed by atoms with Gasteiger partial charge in [-0.3, -0.25) is 9.78 Å². The van der Waals surface area contributed by atoms with Gasteiger partial charge in [0, 0.05) is 37.3 Å². The Morgan fingerprint density at radius 2 is 2.06 bits per heavy atom. The molecule has 1 atom stereocenters. The lowest BCUT2D eigenvalue weighted by molar-refractivity contribution is -0.130. The van der Waals surface area contributed by atoms with Gasteiger partial charge in [-0.1, -0.05) is 19.9 Å². The Bertz CT molecular complexity index is 383. The highest BCUT2D eigenvalue weighted by Crippen LogP contribution is 2.27. The van der Waals surface area contributed by atoms with E-state index in [0.717, 1.165) is 31.6 Å². The van der Waals surface area contributed by atoms with Gasteiger partial charge in [0.1, 0.15) is 0 Å². The second kappa shape index (κ2) is 5.98. The predicted molar refractivity (Wildman–Crippen MR) is 72.2 cm³/mol. The maximum atomic E-state index is 12.2. The molecule has 3 nitrogen and oxygen atoms in total.